The molecule has 0 N–H and O–H groups in total. The van der Waals surface area contributed by atoms with E-state index in [4.69, 9.17) is 9.47 Å². The van der Waals surface area contributed by atoms with Gasteiger partial charge in [0.25, 0.3) is 0 Å². The van der Waals surface area contributed by atoms with Gasteiger partial charge in [0.15, 0.2) is 0 Å². The Balaban J connectivity index is 1.58. The topological polar surface area (TPSA) is 24.9 Å². The van der Waals surface area contributed by atoms with Gasteiger partial charge in [-0.1, -0.05) is 0 Å². The van der Waals surface area contributed by atoms with Gasteiger partial charge in [0.1, 0.15) is 0 Å². The minimum atomic E-state index is 0.440. The third-order valence-electron chi connectivity index (χ3n) is 3.74. The van der Waals surface area contributed by atoms with Gasteiger partial charge in [-0.15, -0.1) is 0 Å². The van der Waals surface area contributed by atoms with Crippen LogP contribution in [0.2, 0.25) is 0 Å². The molecule has 100 valence electrons. The molecular weight excluding hydrogens is 216 g/mol. The lowest BCUT2D eigenvalue weighted by Crippen LogP contribution is -2.41. The Morgan fingerprint density at radius 3 is 1.76 bits per heavy atom. The van der Waals surface area contributed by atoms with E-state index in [1.165, 1.54) is 19.3 Å². The van der Waals surface area contributed by atoms with Crippen LogP contribution in [-0.2, 0) is 9.47 Å². The second kappa shape index (κ2) is 6.69. The standard InChI is InChI=1S/C13H26N2O2/c1-14-6-8-16-12(10-14)4-3-5-13-11-15(2)7-9-17-13/h12-13H,3-11H2,1-2H3. The summed E-state index contributed by atoms with van der Waals surface area (Å²) in [4.78, 5) is 4.72. The first-order valence-electron chi connectivity index (χ1n) is 6.84. The molecule has 2 aliphatic heterocycles. The summed E-state index contributed by atoms with van der Waals surface area (Å²) in [6, 6.07) is 0. The monoisotopic (exact) mass is 242 g/mol. The molecule has 0 saturated carbocycles. The maximum atomic E-state index is 5.77. The van der Waals surface area contributed by atoms with Crippen LogP contribution in [0.5, 0.6) is 0 Å². The van der Waals surface area contributed by atoms with Crippen molar-refractivity contribution in [3.8, 4) is 0 Å². The average molecular weight is 242 g/mol. The van der Waals surface area contributed by atoms with E-state index in [0.717, 1.165) is 39.4 Å². The number of morpholine rings is 2. The third-order valence-corrected chi connectivity index (χ3v) is 3.74. The van der Waals surface area contributed by atoms with Crippen LogP contribution in [0, 0.1) is 0 Å². The number of hydrogen-bond acceptors (Lipinski definition) is 4. The fourth-order valence-electron chi connectivity index (χ4n) is 2.66. The lowest BCUT2D eigenvalue weighted by atomic mass is 10.1. The van der Waals surface area contributed by atoms with Gasteiger partial charge < -0.3 is 19.3 Å². The van der Waals surface area contributed by atoms with Crippen LogP contribution in [0.1, 0.15) is 19.3 Å². The molecule has 0 radical (unpaired) electrons. The lowest BCUT2D eigenvalue weighted by Gasteiger charge is -2.32. The molecule has 0 bridgehead atoms. The molecule has 0 spiro atoms. The maximum absolute atomic E-state index is 5.77. The Kier molecular flexibility index (Phi) is 5.22. The molecule has 2 atom stereocenters. The minimum absolute atomic E-state index is 0.440. The average Bonchev–Trinajstić information content (AvgIpc) is 2.29. The molecule has 0 aliphatic carbocycles. The highest BCUT2D eigenvalue weighted by atomic mass is 16.5. The molecule has 2 aliphatic rings. The van der Waals surface area contributed by atoms with Crippen molar-refractivity contribution in [1.29, 1.82) is 0 Å². The van der Waals surface area contributed by atoms with Gasteiger partial charge in [-0.2, -0.15) is 0 Å². The van der Waals surface area contributed by atoms with Crippen LogP contribution in [0.3, 0.4) is 0 Å². The first-order valence-corrected chi connectivity index (χ1v) is 6.84. The van der Waals surface area contributed by atoms with E-state index in [9.17, 15) is 0 Å². The van der Waals surface area contributed by atoms with Crippen molar-refractivity contribution in [2.45, 2.75) is 31.5 Å². The minimum Gasteiger partial charge on any atom is -0.376 e. The molecule has 0 aromatic rings. The first-order chi connectivity index (χ1) is 8.24. The van der Waals surface area contributed by atoms with Crippen molar-refractivity contribution < 1.29 is 9.47 Å². The Morgan fingerprint density at radius 2 is 1.35 bits per heavy atom. The Labute approximate surface area is 105 Å². The largest absolute Gasteiger partial charge is 0.376 e. The van der Waals surface area contributed by atoms with Crippen LogP contribution in [0.4, 0.5) is 0 Å². The van der Waals surface area contributed by atoms with Crippen LogP contribution in [0.15, 0.2) is 0 Å². The van der Waals surface area contributed by atoms with Gasteiger partial charge in [0.2, 0.25) is 0 Å². The molecule has 2 fully saturated rings. The summed E-state index contributed by atoms with van der Waals surface area (Å²) in [6.45, 7) is 6.12. The molecule has 2 heterocycles. The van der Waals surface area contributed by atoms with Crippen molar-refractivity contribution in [2.24, 2.45) is 0 Å². The van der Waals surface area contributed by atoms with E-state index < -0.39 is 0 Å². The zero-order valence-electron chi connectivity index (χ0n) is 11.2. The normalized spacial score (nSPS) is 32.8. The van der Waals surface area contributed by atoms with Crippen molar-refractivity contribution >= 4 is 0 Å². The van der Waals surface area contributed by atoms with Gasteiger partial charge in [0.05, 0.1) is 25.4 Å². The highest BCUT2D eigenvalue weighted by molar-refractivity contribution is 4.72. The first kappa shape index (κ1) is 13.3. The summed E-state index contributed by atoms with van der Waals surface area (Å²) in [6.07, 6.45) is 4.45. The smallest absolute Gasteiger partial charge is 0.0702 e. The molecule has 4 nitrogen and oxygen atoms in total. The van der Waals surface area contributed by atoms with Crippen molar-refractivity contribution in [2.75, 3.05) is 53.5 Å². The lowest BCUT2D eigenvalue weighted by molar-refractivity contribution is -0.0382. The number of likely N-dealkylation sites (N-methyl/N-ethyl adjacent to an activating group) is 2. The zero-order valence-corrected chi connectivity index (χ0v) is 11.2. The summed E-state index contributed by atoms with van der Waals surface area (Å²) in [5.74, 6) is 0. The summed E-state index contributed by atoms with van der Waals surface area (Å²) in [7, 11) is 4.35. The predicted octanol–water partition coefficient (Wildman–Crippen LogP) is 0.818. The summed E-state index contributed by atoms with van der Waals surface area (Å²) in [5, 5.41) is 0. The molecule has 0 aromatic heterocycles. The van der Waals surface area contributed by atoms with Crippen LogP contribution in [0.25, 0.3) is 0 Å². The fourth-order valence-corrected chi connectivity index (χ4v) is 2.66. The molecule has 17 heavy (non-hydrogen) atoms. The Hall–Kier alpha value is -0.160. The van der Waals surface area contributed by atoms with Crippen LogP contribution in [-0.4, -0.2) is 75.5 Å². The van der Waals surface area contributed by atoms with Gasteiger partial charge in [-0.25, -0.2) is 0 Å². The number of rotatable bonds is 4. The zero-order chi connectivity index (χ0) is 12.1. The Morgan fingerprint density at radius 1 is 0.882 bits per heavy atom. The highest BCUT2D eigenvalue weighted by Gasteiger charge is 2.20. The summed E-state index contributed by atoms with van der Waals surface area (Å²) >= 11 is 0. The molecule has 0 aromatic carbocycles. The predicted molar refractivity (Wildman–Crippen MR) is 68.3 cm³/mol. The van der Waals surface area contributed by atoms with Crippen molar-refractivity contribution in [3.05, 3.63) is 0 Å². The Bertz CT molecular complexity index is 203. The van der Waals surface area contributed by atoms with E-state index in [2.05, 4.69) is 23.9 Å². The maximum Gasteiger partial charge on any atom is 0.0702 e. The van der Waals surface area contributed by atoms with Gasteiger partial charge >= 0.3 is 0 Å². The van der Waals surface area contributed by atoms with Crippen LogP contribution >= 0.6 is 0 Å². The van der Waals surface area contributed by atoms with E-state index >= 15 is 0 Å². The van der Waals surface area contributed by atoms with Gasteiger partial charge in [0, 0.05) is 26.2 Å². The summed E-state index contributed by atoms with van der Waals surface area (Å²) in [5.41, 5.74) is 0. The molecule has 4 heteroatoms. The quantitative estimate of drug-likeness (QED) is 0.728. The van der Waals surface area contributed by atoms with Crippen molar-refractivity contribution in [3.63, 3.8) is 0 Å². The number of nitrogens with zero attached hydrogens (tertiary/aromatic N) is 2. The molecule has 2 unspecified atom stereocenters. The SMILES string of the molecule is CN1CCOC(CCCC2CN(C)CCO2)C1. The number of ether oxygens (including phenoxy) is 2. The molecule has 2 saturated heterocycles. The van der Waals surface area contributed by atoms with E-state index in [1.807, 2.05) is 0 Å². The number of hydrogen-bond donors (Lipinski definition) is 0. The van der Waals surface area contributed by atoms with E-state index in [-0.39, 0.29) is 0 Å². The fraction of sp³-hybridized carbons (Fsp3) is 1.00. The molecular formula is C13H26N2O2. The second-order valence-corrected chi connectivity index (χ2v) is 5.44. The van der Waals surface area contributed by atoms with Gasteiger partial charge in [-0.05, 0) is 33.4 Å². The second-order valence-electron chi connectivity index (χ2n) is 5.44. The molecule has 2 rings (SSSR count). The summed E-state index contributed by atoms with van der Waals surface area (Å²) < 4.78 is 11.5. The third kappa shape index (κ3) is 4.54. The van der Waals surface area contributed by atoms with E-state index in [1.54, 1.807) is 0 Å². The highest BCUT2D eigenvalue weighted by Crippen LogP contribution is 2.15. The van der Waals surface area contributed by atoms with Crippen molar-refractivity contribution in [1.82, 2.24) is 9.80 Å². The van der Waals surface area contributed by atoms with E-state index in [0.29, 0.717) is 12.2 Å². The molecule has 0 amide bonds. The van der Waals surface area contributed by atoms with Crippen LogP contribution < -0.4 is 0 Å². The van der Waals surface area contributed by atoms with Gasteiger partial charge in [-0.3, -0.25) is 0 Å².